The molecule has 3 atom stereocenters. The summed E-state index contributed by atoms with van der Waals surface area (Å²) in [7, 11) is 0. The average Bonchev–Trinajstić information content (AvgIpc) is 2.16. The Labute approximate surface area is 89.6 Å². The molecule has 0 amide bonds. The van der Waals surface area contributed by atoms with Crippen LogP contribution in [0.25, 0.3) is 0 Å². The molecule has 2 N–H and O–H groups in total. The topological polar surface area (TPSA) is 70.0 Å². The second-order valence-corrected chi connectivity index (χ2v) is 4.21. The zero-order valence-electron chi connectivity index (χ0n) is 9.22. The van der Waals surface area contributed by atoms with Gasteiger partial charge in [-0.3, -0.25) is 9.69 Å². The molecule has 3 unspecified atom stereocenters. The summed E-state index contributed by atoms with van der Waals surface area (Å²) in [4.78, 5) is 12.7. The van der Waals surface area contributed by atoms with Gasteiger partial charge < -0.3 is 14.9 Å². The minimum atomic E-state index is -0.783. The SMILES string of the molecule is CC1CN(CC(C)C(=O)O)CC(CO)O1. The van der Waals surface area contributed by atoms with Crippen LogP contribution in [0.1, 0.15) is 13.8 Å². The molecule has 0 saturated carbocycles. The lowest BCUT2D eigenvalue weighted by atomic mass is 10.1. The third kappa shape index (κ3) is 3.77. The maximum Gasteiger partial charge on any atom is 0.307 e. The van der Waals surface area contributed by atoms with Gasteiger partial charge in [-0.1, -0.05) is 6.92 Å². The highest BCUT2D eigenvalue weighted by Gasteiger charge is 2.26. The fourth-order valence-electron chi connectivity index (χ4n) is 1.86. The van der Waals surface area contributed by atoms with Gasteiger partial charge in [-0.05, 0) is 6.92 Å². The molecule has 1 rings (SSSR count). The van der Waals surface area contributed by atoms with Crippen molar-refractivity contribution in [2.24, 2.45) is 5.92 Å². The van der Waals surface area contributed by atoms with Crippen LogP contribution in [0.4, 0.5) is 0 Å². The fraction of sp³-hybridized carbons (Fsp3) is 0.900. The quantitative estimate of drug-likeness (QED) is 0.682. The number of hydrogen-bond donors (Lipinski definition) is 2. The lowest BCUT2D eigenvalue weighted by Gasteiger charge is -2.36. The van der Waals surface area contributed by atoms with E-state index < -0.39 is 5.97 Å². The van der Waals surface area contributed by atoms with Gasteiger partial charge in [0.2, 0.25) is 0 Å². The maximum absolute atomic E-state index is 10.7. The molecule has 5 heteroatoms. The standard InChI is InChI=1S/C10H19NO4/c1-7(10(13)14)3-11-4-8(2)15-9(5-11)6-12/h7-9,12H,3-6H2,1-2H3,(H,13,14). The summed E-state index contributed by atoms with van der Waals surface area (Å²) in [5.41, 5.74) is 0. The van der Waals surface area contributed by atoms with E-state index in [-0.39, 0.29) is 24.7 Å². The van der Waals surface area contributed by atoms with Gasteiger partial charge in [-0.15, -0.1) is 0 Å². The van der Waals surface area contributed by atoms with Crippen molar-refractivity contribution in [3.8, 4) is 0 Å². The lowest BCUT2D eigenvalue weighted by molar-refractivity contribution is -0.143. The molecule has 88 valence electrons. The largest absolute Gasteiger partial charge is 0.481 e. The summed E-state index contributed by atoms with van der Waals surface area (Å²) in [6, 6.07) is 0. The number of carboxylic acid groups (broad SMARTS) is 1. The van der Waals surface area contributed by atoms with Gasteiger partial charge in [0.15, 0.2) is 0 Å². The molecular formula is C10H19NO4. The molecule has 0 radical (unpaired) electrons. The molecule has 0 aromatic rings. The van der Waals surface area contributed by atoms with E-state index in [1.807, 2.05) is 11.8 Å². The second kappa shape index (κ2) is 5.44. The van der Waals surface area contributed by atoms with Crippen LogP contribution >= 0.6 is 0 Å². The number of aliphatic hydroxyl groups is 1. The summed E-state index contributed by atoms with van der Waals surface area (Å²) in [5.74, 6) is -1.16. The Hall–Kier alpha value is -0.650. The molecule has 0 aliphatic carbocycles. The Morgan fingerprint density at radius 1 is 1.60 bits per heavy atom. The predicted octanol–water partition coefficient (Wildman–Crippen LogP) is -0.211. The summed E-state index contributed by atoms with van der Waals surface area (Å²) in [5, 5.41) is 17.8. The van der Waals surface area contributed by atoms with Crippen LogP contribution in [0.5, 0.6) is 0 Å². The summed E-state index contributed by atoms with van der Waals surface area (Å²) < 4.78 is 5.47. The molecule has 5 nitrogen and oxygen atoms in total. The number of aliphatic hydroxyl groups excluding tert-OH is 1. The number of carboxylic acids is 1. The molecule has 0 spiro atoms. The highest BCUT2D eigenvalue weighted by Crippen LogP contribution is 2.12. The Balaban J connectivity index is 2.44. The third-order valence-electron chi connectivity index (χ3n) is 2.56. The Kier molecular flexibility index (Phi) is 4.50. The van der Waals surface area contributed by atoms with Crippen LogP contribution in [0.3, 0.4) is 0 Å². The highest BCUT2D eigenvalue weighted by atomic mass is 16.5. The van der Waals surface area contributed by atoms with E-state index in [9.17, 15) is 4.79 Å². The van der Waals surface area contributed by atoms with Crippen LogP contribution < -0.4 is 0 Å². The van der Waals surface area contributed by atoms with Gasteiger partial charge in [0.05, 0.1) is 24.7 Å². The molecule has 1 fully saturated rings. The van der Waals surface area contributed by atoms with Gasteiger partial charge in [0, 0.05) is 19.6 Å². The lowest BCUT2D eigenvalue weighted by Crippen LogP contribution is -2.49. The summed E-state index contributed by atoms with van der Waals surface area (Å²) in [6.45, 7) is 5.46. The summed E-state index contributed by atoms with van der Waals surface area (Å²) in [6.07, 6.45) is -0.133. The van der Waals surface area contributed by atoms with E-state index in [0.717, 1.165) is 6.54 Å². The third-order valence-corrected chi connectivity index (χ3v) is 2.56. The Morgan fingerprint density at radius 3 is 2.80 bits per heavy atom. The van der Waals surface area contributed by atoms with E-state index in [1.54, 1.807) is 6.92 Å². The van der Waals surface area contributed by atoms with E-state index in [2.05, 4.69) is 0 Å². The van der Waals surface area contributed by atoms with Gasteiger partial charge in [-0.25, -0.2) is 0 Å². The number of morpholine rings is 1. The van der Waals surface area contributed by atoms with Crippen LogP contribution in [0.2, 0.25) is 0 Å². The number of carbonyl (C=O) groups is 1. The molecule has 1 aliphatic rings. The molecule has 15 heavy (non-hydrogen) atoms. The van der Waals surface area contributed by atoms with E-state index in [0.29, 0.717) is 13.1 Å². The van der Waals surface area contributed by atoms with Gasteiger partial charge in [0.1, 0.15) is 0 Å². The number of hydrogen-bond acceptors (Lipinski definition) is 4. The van der Waals surface area contributed by atoms with Crippen LogP contribution in [-0.2, 0) is 9.53 Å². The monoisotopic (exact) mass is 217 g/mol. The molecule has 1 heterocycles. The second-order valence-electron chi connectivity index (χ2n) is 4.21. The van der Waals surface area contributed by atoms with Crippen molar-refractivity contribution >= 4 is 5.97 Å². The molecule has 0 bridgehead atoms. The number of nitrogens with zero attached hydrogens (tertiary/aromatic N) is 1. The molecule has 0 aromatic heterocycles. The Bertz CT molecular complexity index is 221. The summed E-state index contributed by atoms with van der Waals surface area (Å²) >= 11 is 0. The number of rotatable bonds is 4. The van der Waals surface area contributed by atoms with Crippen molar-refractivity contribution in [1.29, 1.82) is 0 Å². The van der Waals surface area contributed by atoms with Crippen molar-refractivity contribution in [1.82, 2.24) is 4.90 Å². The predicted molar refractivity (Wildman–Crippen MR) is 54.7 cm³/mol. The average molecular weight is 217 g/mol. The van der Waals surface area contributed by atoms with Crippen LogP contribution in [0, 0.1) is 5.92 Å². The molecule has 1 aliphatic heterocycles. The van der Waals surface area contributed by atoms with Crippen molar-refractivity contribution in [3.05, 3.63) is 0 Å². The number of aliphatic carboxylic acids is 1. The first-order valence-electron chi connectivity index (χ1n) is 5.24. The van der Waals surface area contributed by atoms with Crippen molar-refractivity contribution in [2.45, 2.75) is 26.1 Å². The highest BCUT2D eigenvalue weighted by molar-refractivity contribution is 5.69. The van der Waals surface area contributed by atoms with Crippen LogP contribution in [0.15, 0.2) is 0 Å². The van der Waals surface area contributed by atoms with Gasteiger partial charge in [0.25, 0.3) is 0 Å². The zero-order valence-corrected chi connectivity index (χ0v) is 9.22. The maximum atomic E-state index is 10.7. The van der Waals surface area contributed by atoms with Crippen LogP contribution in [-0.4, -0.2) is 59.5 Å². The van der Waals surface area contributed by atoms with Gasteiger partial charge in [-0.2, -0.15) is 0 Å². The first-order chi connectivity index (χ1) is 7.02. The fourth-order valence-corrected chi connectivity index (χ4v) is 1.86. The van der Waals surface area contributed by atoms with E-state index >= 15 is 0 Å². The minimum absolute atomic E-state index is 0.0116. The number of ether oxygens (including phenoxy) is 1. The van der Waals surface area contributed by atoms with Crippen molar-refractivity contribution in [3.63, 3.8) is 0 Å². The first-order valence-corrected chi connectivity index (χ1v) is 5.24. The van der Waals surface area contributed by atoms with Crippen molar-refractivity contribution in [2.75, 3.05) is 26.2 Å². The minimum Gasteiger partial charge on any atom is -0.481 e. The Morgan fingerprint density at radius 2 is 2.27 bits per heavy atom. The van der Waals surface area contributed by atoms with E-state index in [1.165, 1.54) is 0 Å². The van der Waals surface area contributed by atoms with Gasteiger partial charge >= 0.3 is 5.97 Å². The van der Waals surface area contributed by atoms with E-state index in [4.69, 9.17) is 14.9 Å². The zero-order chi connectivity index (χ0) is 11.4. The molecular weight excluding hydrogens is 198 g/mol. The normalized spacial score (nSPS) is 30.1. The molecule has 0 aromatic carbocycles. The molecule has 1 saturated heterocycles. The van der Waals surface area contributed by atoms with Crippen molar-refractivity contribution < 1.29 is 19.7 Å². The smallest absolute Gasteiger partial charge is 0.307 e. The first kappa shape index (κ1) is 12.4.